The van der Waals surface area contributed by atoms with Crippen LogP contribution in [0.2, 0.25) is 0 Å². The van der Waals surface area contributed by atoms with E-state index in [2.05, 4.69) is 41.2 Å². The topological polar surface area (TPSA) is 50.4 Å². The molecule has 2 aliphatic rings. The van der Waals surface area contributed by atoms with Crippen LogP contribution in [0.3, 0.4) is 0 Å². The number of halogens is 1. The molecule has 4 heteroatoms. The molecular weight excluding hydrogens is 349 g/mol. The molecule has 102 valence electrons. The normalized spacial score (nSPS) is 27.0. The standard InChI is InChI=1S/C15H19N3.HI/c1-9(2)8-17-15(16)18-14-12-7-10-5-3-4-6-11(10)13(12)14;/h3-6,12-14H,1,7-8H2,2H3,(H3,16,17,18);1H. The molecular formula is C15H20IN3. The van der Waals surface area contributed by atoms with Gasteiger partial charge in [-0.3, -0.25) is 0 Å². The summed E-state index contributed by atoms with van der Waals surface area (Å²) in [7, 11) is 0. The van der Waals surface area contributed by atoms with E-state index >= 15 is 0 Å². The van der Waals surface area contributed by atoms with E-state index in [4.69, 9.17) is 5.73 Å². The van der Waals surface area contributed by atoms with Crippen molar-refractivity contribution in [3.05, 3.63) is 47.5 Å². The van der Waals surface area contributed by atoms with E-state index in [1.165, 1.54) is 17.5 Å². The molecule has 0 spiro atoms. The molecule has 3 rings (SSSR count). The van der Waals surface area contributed by atoms with Gasteiger partial charge >= 0.3 is 0 Å². The monoisotopic (exact) mass is 369 g/mol. The molecule has 0 radical (unpaired) electrons. The van der Waals surface area contributed by atoms with E-state index < -0.39 is 0 Å². The SMILES string of the molecule is C=C(C)CN=C(N)NC1C2Cc3ccccc3C21.I. The van der Waals surface area contributed by atoms with Crippen molar-refractivity contribution in [3.63, 3.8) is 0 Å². The molecule has 0 heterocycles. The number of hydrogen-bond donors (Lipinski definition) is 2. The highest BCUT2D eigenvalue weighted by atomic mass is 127. The number of guanidine groups is 1. The maximum Gasteiger partial charge on any atom is 0.189 e. The van der Waals surface area contributed by atoms with Crippen LogP contribution in [-0.4, -0.2) is 18.5 Å². The lowest BCUT2D eigenvalue weighted by molar-refractivity contribution is 0.742. The van der Waals surface area contributed by atoms with Gasteiger partial charge in [0.1, 0.15) is 0 Å². The number of nitrogens with one attached hydrogen (secondary N) is 1. The molecule has 1 aromatic carbocycles. The van der Waals surface area contributed by atoms with Crippen LogP contribution in [0, 0.1) is 5.92 Å². The largest absolute Gasteiger partial charge is 0.370 e. The van der Waals surface area contributed by atoms with E-state index in [9.17, 15) is 0 Å². The van der Waals surface area contributed by atoms with Gasteiger partial charge in [-0.15, -0.1) is 24.0 Å². The number of benzene rings is 1. The highest BCUT2D eigenvalue weighted by Crippen LogP contribution is 2.56. The summed E-state index contributed by atoms with van der Waals surface area (Å²) in [5.41, 5.74) is 9.91. The Morgan fingerprint density at radius 2 is 2.21 bits per heavy atom. The van der Waals surface area contributed by atoms with Gasteiger partial charge in [-0.05, 0) is 30.4 Å². The maximum absolute atomic E-state index is 5.88. The summed E-state index contributed by atoms with van der Waals surface area (Å²) >= 11 is 0. The Morgan fingerprint density at radius 3 is 2.95 bits per heavy atom. The molecule has 0 bridgehead atoms. The Bertz CT molecular complexity index is 524. The first-order valence-electron chi connectivity index (χ1n) is 6.45. The van der Waals surface area contributed by atoms with Crippen molar-refractivity contribution in [2.45, 2.75) is 25.3 Å². The van der Waals surface area contributed by atoms with Crippen molar-refractivity contribution < 1.29 is 0 Å². The van der Waals surface area contributed by atoms with Gasteiger partial charge < -0.3 is 11.1 Å². The van der Waals surface area contributed by atoms with Gasteiger partial charge in [0.05, 0.1) is 6.54 Å². The Labute approximate surface area is 131 Å². The highest BCUT2D eigenvalue weighted by Gasteiger charge is 2.55. The molecule has 3 nitrogen and oxygen atoms in total. The van der Waals surface area contributed by atoms with Gasteiger partial charge in [0.25, 0.3) is 0 Å². The smallest absolute Gasteiger partial charge is 0.189 e. The first kappa shape index (κ1) is 14.4. The van der Waals surface area contributed by atoms with E-state index in [0.29, 0.717) is 30.4 Å². The lowest BCUT2D eigenvalue weighted by Gasteiger charge is -2.10. The minimum absolute atomic E-state index is 0. The third-order valence-electron chi connectivity index (χ3n) is 3.87. The van der Waals surface area contributed by atoms with Crippen LogP contribution in [-0.2, 0) is 6.42 Å². The molecule has 3 N–H and O–H groups in total. The van der Waals surface area contributed by atoms with Gasteiger partial charge in [0.2, 0.25) is 0 Å². The average Bonchev–Trinajstić information content (AvgIpc) is 2.85. The molecule has 0 amide bonds. The Kier molecular flexibility index (Phi) is 4.18. The predicted molar refractivity (Wildman–Crippen MR) is 90.0 cm³/mol. The number of fused-ring (bicyclic) bond motifs is 3. The predicted octanol–water partition coefficient (Wildman–Crippen LogP) is 2.42. The summed E-state index contributed by atoms with van der Waals surface area (Å²) < 4.78 is 0. The quantitative estimate of drug-likeness (QED) is 0.372. The molecule has 0 aromatic heterocycles. The minimum Gasteiger partial charge on any atom is -0.370 e. The van der Waals surface area contributed by atoms with Gasteiger partial charge in [0.15, 0.2) is 5.96 Å². The Hall–Kier alpha value is -1.04. The first-order chi connectivity index (χ1) is 8.66. The second-order valence-corrected chi connectivity index (χ2v) is 5.42. The van der Waals surface area contributed by atoms with Crippen molar-refractivity contribution in [3.8, 4) is 0 Å². The second kappa shape index (κ2) is 5.53. The number of rotatable bonds is 3. The average molecular weight is 369 g/mol. The van der Waals surface area contributed by atoms with Crippen molar-refractivity contribution in [1.29, 1.82) is 0 Å². The number of nitrogens with two attached hydrogens (primary N) is 1. The van der Waals surface area contributed by atoms with Crippen molar-refractivity contribution in [2.75, 3.05) is 6.54 Å². The van der Waals surface area contributed by atoms with Crippen LogP contribution in [0.25, 0.3) is 0 Å². The summed E-state index contributed by atoms with van der Waals surface area (Å²) in [6.45, 7) is 6.38. The lowest BCUT2D eigenvalue weighted by atomic mass is 10.1. The highest BCUT2D eigenvalue weighted by molar-refractivity contribution is 14.0. The third kappa shape index (κ3) is 2.78. The molecule has 1 fully saturated rings. The van der Waals surface area contributed by atoms with Crippen LogP contribution >= 0.6 is 24.0 Å². The molecule has 0 saturated heterocycles. The van der Waals surface area contributed by atoms with E-state index in [-0.39, 0.29) is 24.0 Å². The van der Waals surface area contributed by atoms with Crippen LogP contribution in [0.4, 0.5) is 0 Å². The zero-order valence-electron chi connectivity index (χ0n) is 11.1. The van der Waals surface area contributed by atoms with Gasteiger partial charge in [-0.25, -0.2) is 4.99 Å². The van der Waals surface area contributed by atoms with Crippen LogP contribution in [0.15, 0.2) is 41.4 Å². The van der Waals surface area contributed by atoms with Crippen molar-refractivity contribution in [1.82, 2.24) is 5.32 Å². The fraction of sp³-hybridized carbons (Fsp3) is 0.400. The minimum atomic E-state index is 0. The zero-order chi connectivity index (χ0) is 12.7. The van der Waals surface area contributed by atoms with Crippen molar-refractivity contribution >= 4 is 29.9 Å². The van der Waals surface area contributed by atoms with Crippen LogP contribution < -0.4 is 11.1 Å². The third-order valence-corrected chi connectivity index (χ3v) is 3.87. The molecule has 3 atom stereocenters. The lowest BCUT2D eigenvalue weighted by Crippen LogP contribution is -2.35. The van der Waals surface area contributed by atoms with Crippen LogP contribution in [0.1, 0.15) is 24.0 Å². The second-order valence-electron chi connectivity index (χ2n) is 5.42. The molecule has 19 heavy (non-hydrogen) atoms. The fourth-order valence-corrected chi connectivity index (χ4v) is 2.98. The summed E-state index contributed by atoms with van der Waals surface area (Å²) in [6.07, 6.45) is 1.17. The van der Waals surface area contributed by atoms with E-state index in [1.54, 1.807) is 0 Å². The van der Waals surface area contributed by atoms with Crippen LogP contribution in [0.5, 0.6) is 0 Å². The first-order valence-corrected chi connectivity index (χ1v) is 6.45. The summed E-state index contributed by atoms with van der Waals surface area (Å²) in [5, 5.41) is 3.34. The summed E-state index contributed by atoms with van der Waals surface area (Å²) in [4.78, 5) is 4.27. The molecule has 0 aliphatic heterocycles. The van der Waals surface area contributed by atoms with E-state index in [0.717, 1.165) is 5.57 Å². The molecule has 1 aromatic rings. The summed E-state index contributed by atoms with van der Waals surface area (Å²) in [6, 6.07) is 9.19. The Morgan fingerprint density at radius 1 is 1.47 bits per heavy atom. The fourth-order valence-electron chi connectivity index (χ4n) is 2.98. The Balaban J connectivity index is 0.00000133. The van der Waals surface area contributed by atoms with Gasteiger partial charge in [0, 0.05) is 12.0 Å². The number of hydrogen-bond acceptors (Lipinski definition) is 1. The molecule has 2 aliphatic carbocycles. The maximum atomic E-state index is 5.88. The van der Waals surface area contributed by atoms with Crippen molar-refractivity contribution in [2.24, 2.45) is 16.6 Å². The van der Waals surface area contributed by atoms with E-state index in [1.807, 2.05) is 6.92 Å². The summed E-state index contributed by atoms with van der Waals surface area (Å²) in [5.74, 6) is 1.90. The molecule has 1 saturated carbocycles. The number of aliphatic imine (C=N–C) groups is 1. The van der Waals surface area contributed by atoms with Gasteiger partial charge in [-0.2, -0.15) is 0 Å². The number of nitrogens with zero attached hydrogens (tertiary/aromatic N) is 1. The zero-order valence-corrected chi connectivity index (χ0v) is 13.4. The molecule has 3 unspecified atom stereocenters. The van der Waals surface area contributed by atoms with Gasteiger partial charge in [-0.1, -0.05) is 36.4 Å².